The lowest BCUT2D eigenvalue weighted by atomic mass is 9.85. The predicted octanol–water partition coefficient (Wildman–Crippen LogP) is 2.79. The van der Waals surface area contributed by atoms with Crippen LogP contribution in [-0.2, 0) is 0 Å². The molecule has 2 atom stereocenters. The van der Waals surface area contributed by atoms with Gasteiger partial charge in [0.2, 0.25) is 0 Å². The number of hydrogen-bond donors (Lipinski definition) is 0. The molecular formula is C8H12F2. The van der Waals surface area contributed by atoms with Crippen molar-refractivity contribution in [1.29, 1.82) is 0 Å². The number of allylic oxidation sites excluding steroid dienone is 1. The van der Waals surface area contributed by atoms with Gasteiger partial charge in [0.25, 0.3) is 0 Å². The highest BCUT2D eigenvalue weighted by Gasteiger charge is 2.38. The molecule has 1 fully saturated rings. The van der Waals surface area contributed by atoms with Crippen LogP contribution in [0.3, 0.4) is 0 Å². The summed E-state index contributed by atoms with van der Waals surface area (Å²) in [4.78, 5) is 0. The average Bonchev–Trinajstić information content (AvgIpc) is 1.96. The minimum absolute atomic E-state index is 0.303. The molecule has 1 aliphatic carbocycles. The van der Waals surface area contributed by atoms with Gasteiger partial charge in [-0.3, -0.25) is 0 Å². The van der Waals surface area contributed by atoms with Crippen LogP contribution < -0.4 is 0 Å². The van der Waals surface area contributed by atoms with Gasteiger partial charge in [0, 0.05) is 0 Å². The zero-order valence-corrected chi connectivity index (χ0v) is 5.95. The van der Waals surface area contributed by atoms with Crippen molar-refractivity contribution in [3.63, 3.8) is 0 Å². The van der Waals surface area contributed by atoms with E-state index in [9.17, 15) is 8.78 Å². The fourth-order valence-corrected chi connectivity index (χ4v) is 1.35. The molecule has 1 rings (SSSR count). The SMILES string of the molecule is C=CC1(F)CCCCC1F. The lowest BCUT2D eigenvalue weighted by molar-refractivity contribution is 0.0543. The van der Waals surface area contributed by atoms with Crippen LogP contribution in [0, 0.1) is 0 Å². The third-order valence-electron chi connectivity index (χ3n) is 2.13. The molecule has 0 radical (unpaired) electrons. The molecule has 0 nitrogen and oxygen atoms in total. The number of rotatable bonds is 1. The van der Waals surface area contributed by atoms with Crippen molar-refractivity contribution < 1.29 is 8.78 Å². The van der Waals surface area contributed by atoms with Crippen LogP contribution in [0.1, 0.15) is 25.7 Å². The smallest absolute Gasteiger partial charge is 0.159 e. The average molecular weight is 146 g/mol. The summed E-state index contributed by atoms with van der Waals surface area (Å²) in [6.07, 6.45) is 2.03. The maximum atomic E-state index is 13.2. The van der Waals surface area contributed by atoms with Crippen LogP contribution >= 0.6 is 0 Å². The molecule has 1 saturated carbocycles. The van der Waals surface area contributed by atoms with Crippen molar-refractivity contribution in [2.75, 3.05) is 0 Å². The van der Waals surface area contributed by atoms with E-state index in [1.165, 1.54) is 0 Å². The quantitative estimate of drug-likeness (QED) is 0.499. The first-order valence-electron chi connectivity index (χ1n) is 3.65. The molecule has 0 aromatic heterocycles. The van der Waals surface area contributed by atoms with Gasteiger partial charge in [-0.15, -0.1) is 0 Å². The second kappa shape index (κ2) is 2.69. The Bertz CT molecular complexity index is 133. The largest absolute Gasteiger partial charge is 0.244 e. The van der Waals surface area contributed by atoms with E-state index in [2.05, 4.69) is 6.58 Å². The van der Waals surface area contributed by atoms with Crippen LogP contribution in [0.2, 0.25) is 0 Å². The summed E-state index contributed by atoms with van der Waals surface area (Å²) in [6, 6.07) is 0. The second-order valence-corrected chi connectivity index (χ2v) is 2.84. The predicted molar refractivity (Wildman–Crippen MR) is 37.4 cm³/mol. The van der Waals surface area contributed by atoms with Gasteiger partial charge in [-0.2, -0.15) is 0 Å². The summed E-state index contributed by atoms with van der Waals surface area (Å²) in [5.41, 5.74) is -1.72. The Morgan fingerprint density at radius 1 is 1.50 bits per heavy atom. The Balaban J connectivity index is 2.62. The molecule has 2 unspecified atom stereocenters. The summed E-state index contributed by atoms with van der Waals surface area (Å²) >= 11 is 0. The van der Waals surface area contributed by atoms with Crippen molar-refractivity contribution in [2.45, 2.75) is 37.5 Å². The third kappa shape index (κ3) is 1.20. The molecule has 0 aliphatic heterocycles. The van der Waals surface area contributed by atoms with E-state index in [0.29, 0.717) is 12.8 Å². The van der Waals surface area contributed by atoms with E-state index in [4.69, 9.17) is 0 Å². The van der Waals surface area contributed by atoms with Gasteiger partial charge in [0.15, 0.2) is 5.67 Å². The van der Waals surface area contributed by atoms with Crippen LogP contribution in [0.15, 0.2) is 12.7 Å². The Labute approximate surface area is 59.9 Å². The highest BCUT2D eigenvalue weighted by Crippen LogP contribution is 2.34. The van der Waals surface area contributed by atoms with E-state index < -0.39 is 11.8 Å². The minimum atomic E-state index is -1.72. The molecule has 0 aromatic carbocycles. The second-order valence-electron chi connectivity index (χ2n) is 2.84. The molecule has 1 aliphatic rings. The number of halogens is 2. The molecule has 0 aromatic rings. The molecule has 0 amide bonds. The molecule has 0 bridgehead atoms. The molecule has 0 N–H and O–H groups in total. The van der Waals surface area contributed by atoms with Crippen molar-refractivity contribution >= 4 is 0 Å². The topological polar surface area (TPSA) is 0 Å². The van der Waals surface area contributed by atoms with Crippen LogP contribution in [0.5, 0.6) is 0 Å². The summed E-state index contributed by atoms with van der Waals surface area (Å²) in [7, 11) is 0. The highest BCUT2D eigenvalue weighted by molar-refractivity contribution is 5.03. The Hall–Kier alpha value is -0.400. The lowest BCUT2D eigenvalue weighted by Crippen LogP contribution is -2.35. The minimum Gasteiger partial charge on any atom is -0.244 e. The van der Waals surface area contributed by atoms with Crippen molar-refractivity contribution in [3.05, 3.63) is 12.7 Å². The van der Waals surface area contributed by atoms with E-state index in [1.54, 1.807) is 0 Å². The van der Waals surface area contributed by atoms with Crippen LogP contribution in [-0.4, -0.2) is 11.8 Å². The molecular weight excluding hydrogens is 134 g/mol. The normalized spacial score (nSPS) is 41.2. The Morgan fingerprint density at radius 2 is 2.20 bits per heavy atom. The van der Waals surface area contributed by atoms with Gasteiger partial charge in [0.1, 0.15) is 6.17 Å². The van der Waals surface area contributed by atoms with Crippen molar-refractivity contribution in [3.8, 4) is 0 Å². The zero-order valence-electron chi connectivity index (χ0n) is 5.95. The van der Waals surface area contributed by atoms with Crippen molar-refractivity contribution in [1.82, 2.24) is 0 Å². The summed E-state index contributed by atoms with van der Waals surface area (Å²) in [5.74, 6) is 0. The number of hydrogen-bond acceptors (Lipinski definition) is 0. The fourth-order valence-electron chi connectivity index (χ4n) is 1.35. The summed E-state index contributed by atoms with van der Waals surface area (Å²) in [5, 5.41) is 0. The van der Waals surface area contributed by atoms with E-state index in [1.807, 2.05) is 0 Å². The van der Waals surface area contributed by atoms with Crippen LogP contribution in [0.25, 0.3) is 0 Å². The van der Waals surface area contributed by atoms with E-state index >= 15 is 0 Å². The first kappa shape index (κ1) is 7.70. The van der Waals surface area contributed by atoms with Gasteiger partial charge in [-0.1, -0.05) is 19.1 Å². The van der Waals surface area contributed by atoms with Gasteiger partial charge < -0.3 is 0 Å². The van der Waals surface area contributed by atoms with Gasteiger partial charge in [0.05, 0.1) is 0 Å². The maximum Gasteiger partial charge on any atom is 0.159 e. The Kier molecular flexibility index (Phi) is 2.07. The van der Waals surface area contributed by atoms with Gasteiger partial charge >= 0.3 is 0 Å². The van der Waals surface area contributed by atoms with E-state index in [-0.39, 0.29) is 0 Å². The van der Waals surface area contributed by atoms with Gasteiger partial charge in [-0.25, -0.2) is 8.78 Å². The number of alkyl halides is 2. The first-order valence-corrected chi connectivity index (χ1v) is 3.65. The van der Waals surface area contributed by atoms with Crippen LogP contribution in [0.4, 0.5) is 8.78 Å². The molecule has 2 heteroatoms. The lowest BCUT2D eigenvalue weighted by Gasteiger charge is -2.29. The van der Waals surface area contributed by atoms with Gasteiger partial charge in [-0.05, 0) is 19.3 Å². The monoisotopic (exact) mass is 146 g/mol. The van der Waals surface area contributed by atoms with E-state index in [0.717, 1.165) is 18.9 Å². The standard InChI is InChI=1S/C8H12F2/c1-2-8(10)6-4-3-5-7(8)9/h2,7H,1,3-6H2. The maximum absolute atomic E-state index is 13.2. The molecule has 0 saturated heterocycles. The Morgan fingerprint density at radius 3 is 2.60 bits per heavy atom. The molecule has 10 heavy (non-hydrogen) atoms. The summed E-state index contributed by atoms with van der Waals surface area (Å²) in [6.45, 7) is 3.29. The molecule has 0 heterocycles. The fraction of sp³-hybridized carbons (Fsp3) is 0.750. The third-order valence-corrected chi connectivity index (χ3v) is 2.13. The first-order chi connectivity index (χ1) is 4.69. The molecule has 0 spiro atoms. The summed E-state index contributed by atoms with van der Waals surface area (Å²) < 4.78 is 26.0. The zero-order chi connectivity index (χ0) is 7.61. The van der Waals surface area contributed by atoms with Crippen molar-refractivity contribution in [2.24, 2.45) is 0 Å². The highest BCUT2D eigenvalue weighted by atomic mass is 19.2. The molecule has 58 valence electrons.